The number of nitrogen functional groups attached to an aromatic ring is 1. The Balaban J connectivity index is 2.58. The highest BCUT2D eigenvalue weighted by Gasteiger charge is 2.34. The number of nitrogens with two attached hydrogens (primary N) is 1. The molecule has 1 amide bonds. The summed E-state index contributed by atoms with van der Waals surface area (Å²) in [5, 5.41) is 11.1. The lowest BCUT2D eigenvalue weighted by molar-refractivity contribution is -0.137. The molecule has 0 fully saturated rings. The average Bonchev–Trinajstić information content (AvgIpc) is 2.95. The molecule has 0 saturated carbocycles. The number of hydrazine groups is 1. The summed E-state index contributed by atoms with van der Waals surface area (Å²) in [7, 11) is 0. The summed E-state index contributed by atoms with van der Waals surface area (Å²) in [6.45, 7) is 0. The van der Waals surface area contributed by atoms with Gasteiger partial charge in [0.15, 0.2) is 17.3 Å². The molecular formula is C14H12Cl3F3N6O2S. The third-order valence-corrected chi connectivity index (χ3v) is 5.20. The van der Waals surface area contributed by atoms with Gasteiger partial charge in [-0.15, -0.1) is 11.6 Å². The van der Waals surface area contributed by atoms with Crippen LogP contribution in [0, 0.1) is 5.41 Å². The highest BCUT2D eigenvalue weighted by Crippen LogP contribution is 2.39. The summed E-state index contributed by atoms with van der Waals surface area (Å²) in [5.74, 6) is -1.81. The van der Waals surface area contributed by atoms with Gasteiger partial charge in [0.25, 0.3) is 5.91 Å². The van der Waals surface area contributed by atoms with Crippen molar-refractivity contribution in [3.63, 3.8) is 0 Å². The van der Waals surface area contributed by atoms with Crippen LogP contribution >= 0.6 is 34.8 Å². The summed E-state index contributed by atoms with van der Waals surface area (Å²) in [4.78, 5) is 11.1. The van der Waals surface area contributed by atoms with E-state index < -0.39 is 44.7 Å². The van der Waals surface area contributed by atoms with Crippen molar-refractivity contribution in [2.45, 2.75) is 11.1 Å². The van der Waals surface area contributed by atoms with E-state index in [2.05, 4.69) is 16.0 Å². The highest BCUT2D eigenvalue weighted by atomic mass is 35.5. The Labute approximate surface area is 180 Å². The Bertz CT molecular complexity index is 944. The zero-order valence-corrected chi connectivity index (χ0v) is 17.4. The van der Waals surface area contributed by atoms with Gasteiger partial charge in [-0.05, 0) is 23.3 Å². The van der Waals surface area contributed by atoms with Crippen molar-refractivity contribution in [1.29, 1.82) is 5.41 Å². The lowest BCUT2D eigenvalue weighted by Gasteiger charge is -2.13. The number of amidine groups is 1. The molecule has 0 radical (unpaired) electrons. The summed E-state index contributed by atoms with van der Waals surface area (Å²) in [6, 6.07) is 1.27. The van der Waals surface area contributed by atoms with E-state index in [1.54, 1.807) is 0 Å². The van der Waals surface area contributed by atoms with E-state index in [0.717, 1.165) is 4.68 Å². The summed E-state index contributed by atoms with van der Waals surface area (Å²) >= 11 is 15.5. The fraction of sp³-hybridized carbons (Fsp3) is 0.214. The van der Waals surface area contributed by atoms with Crippen molar-refractivity contribution < 1.29 is 22.5 Å². The monoisotopic (exact) mass is 490 g/mol. The molecule has 2 aromatic rings. The number of hydrogen-bond donors (Lipinski definition) is 4. The molecule has 0 bridgehead atoms. The first-order chi connectivity index (χ1) is 13.4. The number of carbonyl (C=O) groups is 1. The molecule has 1 aromatic heterocycles. The van der Waals surface area contributed by atoms with Crippen LogP contribution in [-0.2, 0) is 22.1 Å². The van der Waals surface area contributed by atoms with Crippen LogP contribution in [0.2, 0.25) is 10.0 Å². The lowest BCUT2D eigenvalue weighted by atomic mass is 10.2. The van der Waals surface area contributed by atoms with Gasteiger partial charge in [-0.25, -0.2) is 4.68 Å². The maximum atomic E-state index is 12.9. The third-order valence-electron chi connectivity index (χ3n) is 3.40. The molecule has 8 nitrogen and oxygen atoms in total. The molecule has 15 heteroatoms. The van der Waals surface area contributed by atoms with E-state index in [9.17, 15) is 22.5 Å². The van der Waals surface area contributed by atoms with E-state index in [1.165, 1.54) is 6.26 Å². The van der Waals surface area contributed by atoms with Gasteiger partial charge in [-0.2, -0.15) is 18.3 Å². The molecule has 0 saturated heterocycles. The minimum atomic E-state index is -4.69. The molecule has 158 valence electrons. The Morgan fingerprint density at radius 1 is 1.34 bits per heavy atom. The van der Waals surface area contributed by atoms with Crippen molar-refractivity contribution in [3.05, 3.63) is 33.4 Å². The number of nitrogens with zero attached hydrogens (tertiary/aromatic N) is 2. The number of hydrogen-bond acceptors (Lipinski definition) is 5. The van der Waals surface area contributed by atoms with Crippen molar-refractivity contribution in [2.75, 3.05) is 17.9 Å². The van der Waals surface area contributed by atoms with E-state index >= 15 is 0 Å². The third kappa shape index (κ3) is 5.01. The second-order valence-electron chi connectivity index (χ2n) is 5.40. The SMILES string of the molecule is C[S+]([O-])c1c(C(=N)NNC(=O)CCl)nn(-c2c(Cl)cc(C(F)(F)F)cc2Cl)c1N. The van der Waals surface area contributed by atoms with Crippen LogP contribution in [0.25, 0.3) is 5.69 Å². The summed E-state index contributed by atoms with van der Waals surface area (Å²) < 4.78 is 51.8. The quantitative estimate of drug-likeness (QED) is 0.172. The molecule has 1 unspecified atom stereocenters. The van der Waals surface area contributed by atoms with Crippen LogP contribution in [0.3, 0.4) is 0 Å². The fourth-order valence-corrected chi connectivity index (χ4v) is 3.70. The Hall–Kier alpha value is -1.86. The number of benzene rings is 1. The van der Waals surface area contributed by atoms with Gasteiger partial charge in [0, 0.05) is 0 Å². The van der Waals surface area contributed by atoms with Crippen LogP contribution in [0.15, 0.2) is 17.0 Å². The number of aromatic nitrogens is 2. The topological polar surface area (TPSA) is 132 Å². The first-order valence-corrected chi connectivity index (χ1v) is 10.2. The van der Waals surface area contributed by atoms with E-state index in [0.29, 0.717) is 12.1 Å². The molecule has 0 aliphatic carbocycles. The van der Waals surface area contributed by atoms with Gasteiger partial charge in [0.1, 0.15) is 17.8 Å². The van der Waals surface area contributed by atoms with Crippen LogP contribution in [-0.4, -0.2) is 38.2 Å². The minimum Gasteiger partial charge on any atom is -0.611 e. The molecule has 1 aromatic carbocycles. The number of nitrogens with one attached hydrogen (secondary N) is 3. The van der Waals surface area contributed by atoms with Crippen LogP contribution < -0.4 is 16.6 Å². The normalized spacial score (nSPS) is 12.6. The van der Waals surface area contributed by atoms with Crippen molar-refractivity contribution in [1.82, 2.24) is 20.6 Å². The number of amides is 1. The maximum absolute atomic E-state index is 12.9. The average molecular weight is 492 g/mol. The molecule has 1 heterocycles. The van der Waals surface area contributed by atoms with Gasteiger partial charge in [-0.1, -0.05) is 23.2 Å². The van der Waals surface area contributed by atoms with E-state index in [4.69, 9.17) is 45.9 Å². The second kappa shape index (κ2) is 8.88. The molecule has 0 aliphatic heterocycles. The molecule has 29 heavy (non-hydrogen) atoms. The molecular weight excluding hydrogens is 480 g/mol. The van der Waals surface area contributed by atoms with Crippen molar-refractivity contribution in [3.8, 4) is 5.69 Å². The van der Waals surface area contributed by atoms with Gasteiger partial charge in [0.05, 0.1) is 15.6 Å². The highest BCUT2D eigenvalue weighted by molar-refractivity contribution is 7.91. The number of rotatable bonds is 4. The predicted molar refractivity (Wildman–Crippen MR) is 104 cm³/mol. The number of carbonyl (C=O) groups excluding carboxylic acids is 1. The predicted octanol–water partition coefficient (Wildman–Crippen LogP) is 2.70. The van der Waals surface area contributed by atoms with Gasteiger partial charge in [0.2, 0.25) is 4.90 Å². The molecule has 5 N–H and O–H groups in total. The van der Waals surface area contributed by atoms with E-state index in [1.807, 2.05) is 0 Å². The molecule has 0 spiro atoms. The Morgan fingerprint density at radius 3 is 2.34 bits per heavy atom. The number of halogens is 6. The van der Waals surface area contributed by atoms with Gasteiger partial charge < -0.3 is 10.3 Å². The molecule has 2 rings (SSSR count). The second-order valence-corrected chi connectivity index (χ2v) is 7.80. The van der Waals surface area contributed by atoms with Gasteiger partial charge in [-0.3, -0.25) is 21.1 Å². The number of alkyl halides is 4. The zero-order valence-electron chi connectivity index (χ0n) is 14.3. The minimum absolute atomic E-state index is 0.116. The fourth-order valence-electron chi connectivity index (χ4n) is 2.19. The lowest BCUT2D eigenvalue weighted by Crippen LogP contribution is -2.42. The Kier molecular flexibility index (Phi) is 7.17. The van der Waals surface area contributed by atoms with Crippen molar-refractivity contribution >= 4 is 63.5 Å². The summed E-state index contributed by atoms with van der Waals surface area (Å²) in [5.41, 5.74) is 8.74. The van der Waals surface area contributed by atoms with Crippen LogP contribution in [0.5, 0.6) is 0 Å². The molecule has 1 atom stereocenters. The largest absolute Gasteiger partial charge is 0.611 e. The molecule has 0 aliphatic rings. The van der Waals surface area contributed by atoms with Gasteiger partial charge >= 0.3 is 6.18 Å². The Morgan fingerprint density at radius 2 is 1.90 bits per heavy atom. The first-order valence-electron chi connectivity index (χ1n) is 7.36. The van der Waals surface area contributed by atoms with Crippen LogP contribution in [0.4, 0.5) is 19.0 Å². The standard InChI is InChI=1S/C14H12Cl3F3N6O2S/c1-29(28)11-9(12(21)24-23-8(27)4-15)25-26(13(11)22)10-6(16)2-5(3-7(10)17)14(18,19)20/h2-3H,4,22H2,1H3,(H2,21,24)(H,23,27). The number of anilines is 1. The van der Waals surface area contributed by atoms with Crippen molar-refractivity contribution in [2.24, 2.45) is 0 Å². The summed E-state index contributed by atoms with van der Waals surface area (Å²) in [6.07, 6.45) is -3.43. The van der Waals surface area contributed by atoms with E-state index in [-0.39, 0.29) is 28.0 Å². The zero-order chi connectivity index (χ0) is 22.1. The maximum Gasteiger partial charge on any atom is 0.416 e. The first kappa shape index (κ1) is 23.4. The van der Waals surface area contributed by atoms with Crippen LogP contribution in [0.1, 0.15) is 11.3 Å². The smallest absolute Gasteiger partial charge is 0.416 e.